The van der Waals surface area contributed by atoms with Gasteiger partial charge >= 0.3 is 0 Å². The van der Waals surface area contributed by atoms with Crippen LogP contribution in [-0.4, -0.2) is 11.3 Å². The van der Waals surface area contributed by atoms with E-state index in [1.807, 2.05) is 0 Å². The number of rotatable bonds is 9. The summed E-state index contributed by atoms with van der Waals surface area (Å²) < 4.78 is 2.58. The lowest BCUT2D eigenvalue weighted by Gasteiger charge is -2.46. The van der Waals surface area contributed by atoms with Gasteiger partial charge in [-0.1, -0.05) is 297 Å². The first kappa shape index (κ1) is 51.5. The topological polar surface area (TPSA) is 11.4 Å². The first-order chi connectivity index (χ1) is 44.7. The summed E-state index contributed by atoms with van der Waals surface area (Å²) in [5.41, 5.74) is 27.6. The molecule has 18 rings (SSSR count). The van der Waals surface area contributed by atoms with Crippen molar-refractivity contribution >= 4 is 101 Å². The molecule has 0 N–H and O–H groups in total. The van der Waals surface area contributed by atoms with Crippen LogP contribution in [0.15, 0.2) is 340 Å². The molecule has 3 nitrogen and oxygen atoms in total. The minimum atomic E-state index is -0.229. The maximum atomic E-state index is 2.66. The number of aromatic nitrogens is 1. The van der Waals surface area contributed by atoms with E-state index < -0.39 is 0 Å². The van der Waals surface area contributed by atoms with Crippen molar-refractivity contribution in [2.24, 2.45) is 0 Å². The highest BCUT2D eigenvalue weighted by Gasteiger charge is 2.46. The molecule has 0 bridgehead atoms. The van der Waals surface area contributed by atoms with Crippen molar-refractivity contribution in [3.63, 3.8) is 0 Å². The Morgan fingerprint density at radius 3 is 1.07 bits per heavy atom. The summed E-state index contributed by atoms with van der Waals surface area (Å²) >= 11 is 0. The predicted octanol–water partition coefficient (Wildman–Crippen LogP) is 21.2. The molecule has 418 valence electrons. The van der Waals surface area contributed by atoms with E-state index in [2.05, 4.69) is 354 Å². The summed E-state index contributed by atoms with van der Waals surface area (Å²) in [6.07, 6.45) is 0. The first-order valence-electron chi connectivity index (χ1n) is 31.2. The van der Waals surface area contributed by atoms with Crippen LogP contribution in [0.25, 0.3) is 116 Å². The number of hydrogen-bond donors (Lipinski definition) is 0. The van der Waals surface area contributed by atoms with Gasteiger partial charge in [0.25, 0.3) is 6.71 Å². The van der Waals surface area contributed by atoms with Crippen LogP contribution in [0.4, 0.5) is 34.1 Å². The SMILES string of the molecule is c1ccc(-c2ccc3c(c2)B2c4cc(-c5ccccc5)ccc4N(c4c(-c5ccccc5)cccc4-c4ccccc4)c4cc(-n5c6cc7ccccc7cc6c6c7ccccc7ccc65)cc(c42)N3c2c(-c3ccccc3)cccc2-c2ccccc2)cc1. The number of hydrogen-bond acceptors (Lipinski definition) is 2. The Bertz CT molecular complexity index is 5110. The fourth-order valence-corrected chi connectivity index (χ4v) is 14.9. The number of para-hydroxylation sites is 2. The third-order valence-corrected chi connectivity index (χ3v) is 18.9. The van der Waals surface area contributed by atoms with E-state index in [0.717, 1.165) is 95.4 Å². The Kier molecular flexibility index (Phi) is 12.0. The minimum absolute atomic E-state index is 0.229. The van der Waals surface area contributed by atoms with Crippen LogP contribution in [0.2, 0.25) is 0 Å². The fourth-order valence-electron chi connectivity index (χ4n) is 14.9. The highest BCUT2D eigenvalue weighted by atomic mass is 15.2. The molecule has 2 aliphatic heterocycles. The van der Waals surface area contributed by atoms with Crippen molar-refractivity contribution in [2.75, 3.05) is 9.80 Å². The third kappa shape index (κ3) is 8.22. The van der Waals surface area contributed by atoms with Crippen molar-refractivity contribution in [1.29, 1.82) is 0 Å². The molecule has 0 saturated carbocycles. The summed E-state index contributed by atoms with van der Waals surface area (Å²) in [4.78, 5) is 5.33. The number of anilines is 6. The second-order valence-electron chi connectivity index (χ2n) is 23.9. The first-order valence-corrected chi connectivity index (χ1v) is 31.2. The molecule has 16 aromatic rings. The van der Waals surface area contributed by atoms with Crippen molar-refractivity contribution < 1.29 is 0 Å². The van der Waals surface area contributed by atoms with E-state index in [1.165, 1.54) is 71.0 Å². The van der Waals surface area contributed by atoms with Gasteiger partial charge in [-0.3, -0.25) is 0 Å². The number of nitrogens with zero attached hydrogens (tertiary/aromatic N) is 3. The molecule has 15 aromatic carbocycles. The van der Waals surface area contributed by atoms with Gasteiger partial charge in [-0.25, -0.2) is 0 Å². The normalized spacial score (nSPS) is 12.4. The molecule has 90 heavy (non-hydrogen) atoms. The zero-order valence-corrected chi connectivity index (χ0v) is 49.3. The quantitative estimate of drug-likeness (QED) is 0.133. The van der Waals surface area contributed by atoms with Gasteiger partial charge in [0.2, 0.25) is 0 Å². The Morgan fingerprint density at radius 1 is 0.233 bits per heavy atom. The van der Waals surface area contributed by atoms with Crippen LogP contribution in [0, 0.1) is 0 Å². The van der Waals surface area contributed by atoms with Gasteiger partial charge in [-0.2, -0.15) is 0 Å². The molecule has 0 amide bonds. The van der Waals surface area contributed by atoms with E-state index in [1.54, 1.807) is 0 Å². The van der Waals surface area contributed by atoms with Crippen molar-refractivity contribution in [3.05, 3.63) is 340 Å². The Morgan fingerprint density at radius 2 is 0.622 bits per heavy atom. The summed E-state index contributed by atoms with van der Waals surface area (Å²) in [7, 11) is 0. The van der Waals surface area contributed by atoms with Crippen LogP contribution in [0.3, 0.4) is 0 Å². The molecular weight excluding hydrogens is 1090 g/mol. The standard InChI is InChI=1S/C86H56BN3/c1-7-25-57(26-8-1)66-46-48-77-75(52-66)87-76-53-67(58-27-9-2-10-28-58)47-49-78(76)90(86-72(61-33-15-5-16-34-61)43-24-44-73(86)62-35-17-6-18-36-62)82-56-68(88-79-50-45-63-37-21-22-40-69(63)83(79)74-51-64-38-19-20-39-65(64)54-80(74)88)55-81(84(82)87)89(77)85-70(59-29-11-3-12-30-59)41-23-42-71(85)60-31-13-4-14-32-60/h1-56H. The van der Waals surface area contributed by atoms with Crippen LogP contribution in [-0.2, 0) is 0 Å². The molecule has 1 aromatic heterocycles. The molecule has 0 radical (unpaired) electrons. The molecule has 0 saturated heterocycles. The molecule has 0 spiro atoms. The number of benzene rings is 15. The van der Waals surface area contributed by atoms with Gasteiger partial charge in [-0.15, -0.1) is 0 Å². The van der Waals surface area contributed by atoms with Crippen LogP contribution >= 0.6 is 0 Å². The average molecular weight is 1140 g/mol. The fraction of sp³-hybridized carbons (Fsp3) is 0. The average Bonchev–Trinajstić information content (AvgIpc) is 0.878. The molecule has 2 aliphatic rings. The summed E-state index contributed by atoms with van der Waals surface area (Å²) in [6, 6.07) is 127. The molecule has 0 fully saturated rings. The Hall–Kier alpha value is -11.7. The highest BCUT2D eigenvalue weighted by molar-refractivity contribution is 7.00. The Labute approximate surface area is 524 Å². The molecule has 3 heterocycles. The molecular formula is C86H56BN3. The van der Waals surface area contributed by atoms with Crippen LogP contribution in [0.5, 0.6) is 0 Å². The van der Waals surface area contributed by atoms with Gasteiger partial charge < -0.3 is 14.4 Å². The maximum Gasteiger partial charge on any atom is 0.252 e. The third-order valence-electron chi connectivity index (χ3n) is 18.9. The highest BCUT2D eigenvalue weighted by Crippen LogP contribution is 2.54. The van der Waals surface area contributed by atoms with E-state index in [-0.39, 0.29) is 6.71 Å². The predicted molar refractivity (Wildman–Crippen MR) is 382 cm³/mol. The maximum absolute atomic E-state index is 2.66. The lowest BCUT2D eigenvalue weighted by atomic mass is 9.33. The minimum Gasteiger partial charge on any atom is -0.310 e. The van der Waals surface area contributed by atoms with E-state index in [0.29, 0.717) is 0 Å². The summed E-state index contributed by atoms with van der Waals surface area (Å²) in [6.45, 7) is -0.229. The largest absolute Gasteiger partial charge is 0.310 e. The van der Waals surface area contributed by atoms with Gasteiger partial charge in [0.1, 0.15) is 0 Å². The lowest BCUT2D eigenvalue weighted by molar-refractivity contribution is 1.16. The zero-order chi connectivity index (χ0) is 59.2. The van der Waals surface area contributed by atoms with Crippen LogP contribution < -0.4 is 26.2 Å². The lowest BCUT2D eigenvalue weighted by Crippen LogP contribution is -2.61. The summed E-state index contributed by atoms with van der Waals surface area (Å²) in [5.74, 6) is 0. The van der Waals surface area contributed by atoms with Crippen molar-refractivity contribution in [3.8, 4) is 72.4 Å². The van der Waals surface area contributed by atoms with E-state index in [9.17, 15) is 0 Å². The van der Waals surface area contributed by atoms with Crippen LogP contribution in [0.1, 0.15) is 0 Å². The Balaban J connectivity index is 1.06. The summed E-state index contributed by atoms with van der Waals surface area (Å²) in [5, 5.41) is 7.32. The van der Waals surface area contributed by atoms with Gasteiger partial charge in [0.15, 0.2) is 0 Å². The van der Waals surface area contributed by atoms with Gasteiger partial charge in [0, 0.05) is 55.8 Å². The molecule has 0 aliphatic carbocycles. The second kappa shape index (κ2) is 21.0. The monoisotopic (exact) mass is 1140 g/mol. The van der Waals surface area contributed by atoms with E-state index >= 15 is 0 Å². The smallest absolute Gasteiger partial charge is 0.252 e. The van der Waals surface area contributed by atoms with Crippen molar-refractivity contribution in [2.45, 2.75) is 0 Å². The molecule has 4 heteroatoms. The molecule has 0 atom stereocenters. The van der Waals surface area contributed by atoms with Crippen molar-refractivity contribution in [1.82, 2.24) is 4.57 Å². The zero-order valence-electron chi connectivity index (χ0n) is 49.3. The van der Waals surface area contributed by atoms with Gasteiger partial charge in [0.05, 0.1) is 28.1 Å². The van der Waals surface area contributed by atoms with E-state index in [4.69, 9.17) is 0 Å². The molecule has 0 unspecified atom stereocenters. The van der Waals surface area contributed by atoms with Gasteiger partial charge in [-0.05, 0) is 125 Å². The number of fused-ring (bicyclic) bond motifs is 10. The second-order valence-corrected chi connectivity index (χ2v) is 23.9.